The summed E-state index contributed by atoms with van der Waals surface area (Å²) in [6.07, 6.45) is 0.600. The largest absolute Gasteiger partial charge is 0.310 e. The molecule has 1 saturated heterocycles. The van der Waals surface area contributed by atoms with Gasteiger partial charge in [-0.3, -0.25) is 4.79 Å². The number of nitrogens with one attached hydrogen (secondary N) is 2. The summed E-state index contributed by atoms with van der Waals surface area (Å²) in [6, 6.07) is -0.296. The molecule has 2 rings (SSSR count). The number of aromatic nitrogens is 2. The topological polar surface area (TPSA) is 91.9 Å². The standard InChI is InChI=1S/C12H19N3O3S/c1-7-11(12(16)15-9(3)13-7)8(2)14-10-4-5-19(17,18)6-10/h8,10,14H,4-6H2,1-3H3,(H,13,15,16). The van der Waals surface area contributed by atoms with E-state index in [1.165, 1.54) is 0 Å². The molecule has 2 heterocycles. The Balaban J connectivity index is 2.17. The van der Waals surface area contributed by atoms with Crippen LogP contribution >= 0.6 is 0 Å². The highest BCUT2D eigenvalue weighted by molar-refractivity contribution is 7.91. The predicted octanol–water partition coefficient (Wildman–Crippen LogP) is 0.224. The Kier molecular flexibility index (Phi) is 3.78. The van der Waals surface area contributed by atoms with E-state index in [4.69, 9.17) is 0 Å². The highest BCUT2D eigenvalue weighted by Crippen LogP contribution is 2.17. The van der Waals surface area contributed by atoms with Crippen LogP contribution in [0.3, 0.4) is 0 Å². The van der Waals surface area contributed by atoms with E-state index in [0.717, 1.165) is 0 Å². The monoisotopic (exact) mass is 285 g/mol. The summed E-state index contributed by atoms with van der Waals surface area (Å²) in [5, 5.41) is 3.21. The van der Waals surface area contributed by atoms with Crippen molar-refractivity contribution < 1.29 is 8.42 Å². The minimum atomic E-state index is -2.91. The number of hydrogen-bond acceptors (Lipinski definition) is 5. The van der Waals surface area contributed by atoms with Gasteiger partial charge in [0.05, 0.1) is 17.1 Å². The number of H-pyrrole nitrogens is 1. The van der Waals surface area contributed by atoms with Crippen LogP contribution in [0.5, 0.6) is 0 Å². The van der Waals surface area contributed by atoms with E-state index in [1.54, 1.807) is 13.8 Å². The van der Waals surface area contributed by atoms with Gasteiger partial charge in [-0.2, -0.15) is 0 Å². The second-order valence-electron chi connectivity index (χ2n) is 5.14. The molecule has 19 heavy (non-hydrogen) atoms. The Hall–Kier alpha value is -1.21. The molecular formula is C12H19N3O3S. The van der Waals surface area contributed by atoms with Gasteiger partial charge in [0.15, 0.2) is 9.84 Å². The van der Waals surface area contributed by atoms with Crippen molar-refractivity contribution in [3.8, 4) is 0 Å². The molecule has 1 aliphatic rings. The summed E-state index contributed by atoms with van der Waals surface area (Å²) in [4.78, 5) is 18.9. The Bertz CT molecular complexity index is 636. The average molecular weight is 285 g/mol. The maximum atomic E-state index is 11.9. The summed E-state index contributed by atoms with van der Waals surface area (Å²) in [5.41, 5.74) is 1.10. The highest BCUT2D eigenvalue weighted by atomic mass is 32.2. The van der Waals surface area contributed by atoms with Crippen LogP contribution in [0.2, 0.25) is 0 Å². The van der Waals surface area contributed by atoms with Crippen molar-refractivity contribution in [2.24, 2.45) is 0 Å². The third-order valence-corrected chi connectivity index (χ3v) is 5.18. The fraction of sp³-hybridized carbons (Fsp3) is 0.667. The molecule has 0 bridgehead atoms. The second kappa shape index (κ2) is 5.05. The van der Waals surface area contributed by atoms with Crippen molar-refractivity contribution >= 4 is 9.84 Å². The molecule has 0 aliphatic carbocycles. The molecule has 1 aromatic rings. The maximum Gasteiger partial charge on any atom is 0.255 e. The number of aryl methyl sites for hydroxylation is 2. The van der Waals surface area contributed by atoms with Gasteiger partial charge in [0.2, 0.25) is 0 Å². The lowest BCUT2D eigenvalue weighted by Gasteiger charge is -2.19. The lowest BCUT2D eigenvalue weighted by atomic mass is 10.1. The Morgan fingerprint density at radius 2 is 2.11 bits per heavy atom. The second-order valence-corrected chi connectivity index (χ2v) is 7.37. The first-order valence-corrected chi connectivity index (χ1v) is 8.14. The van der Waals surface area contributed by atoms with E-state index in [0.29, 0.717) is 23.5 Å². The maximum absolute atomic E-state index is 11.9. The number of rotatable bonds is 3. The van der Waals surface area contributed by atoms with Gasteiger partial charge in [-0.15, -0.1) is 0 Å². The van der Waals surface area contributed by atoms with Crippen LogP contribution in [0.15, 0.2) is 4.79 Å². The SMILES string of the molecule is Cc1nc(C)c(C(C)NC2CCS(=O)(=O)C2)c(=O)[nH]1. The van der Waals surface area contributed by atoms with Crippen LogP contribution in [-0.4, -0.2) is 35.9 Å². The zero-order valence-corrected chi connectivity index (χ0v) is 12.2. The van der Waals surface area contributed by atoms with Crippen molar-refractivity contribution in [3.05, 3.63) is 27.4 Å². The molecule has 1 fully saturated rings. The normalized spacial score (nSPS) is 23.4. The minimum Gasteiger partial charge on any atom is -0.310 e. The predicted molar refractivity (Wildman–Crippen MR) is 72.9 cm³/mol. The summed E-state index contributed by atoms with van der Waals surface area (Å²) in [6.45, 7) is 5.39. The number of aromatic amines is 1. The van der Waals surface area contributed by atoms with E-state index >= 15 is 0 Å². The molecule has 0 spiro atoms. The summed E-state index contributed by atoms with van der Waals surface area (Å²) in [5.74, 6) is 0.953. The van der Waals surface area contributed by atoms with E-state index in [1.807, 2.05) is 6.92 Å². The Morgan fingerprint density at radius 1 is 1.42 bits per heavy atom. The molecule has 2 unspecified atom stereocenters. The minimum absolute atomic E-state index is 0.0832. The summed E-state index contributed by atoms with van der Waals surface area (Å²) >= 11 is 0. The Morgan fingerprint density at radius 3 is 2.63 bits per heavy atom. The molecule has 6 nitrogen and oxygen atoms in total. The highest BCUT2D eigenvalue weighted by Gasteiger charge is 2.29. The van der Waals surface area contributed by atoms with E-state index in [9.17, 15) is 13.2 Å². The molecule has 106 valence electrons. The van der Waals surface area contributed by atoms with Crippen molar-refractivity contribution in [2.75, 3.05) is 11.5 Å². The molecule has 2 atom stereocenters. The van der Waals surface area contributed by atoms with Gasteiger partial charge in [-0.05, 0) is 27.2 Å². The van der Waals surface area contributed by atoms with Gasteiger partial charge in [0.25, 0.3) is 5.56 Å². The van der Waals surface area contributed by atoms with Gasteiger partial charge < -0.3 is 10.3 Å². The smallest absolute Gasteiger partial charge is 0.255 e. The van der Waals surface area contributed by atoms with Crippen molar-refractivity contribution in [3.63, 3.8) is 0 Å². The van der Waals surface area contributed by atoms with Gasteiger partial charge in [-0.25, -0.2) is 13.4 Å². The van der Waals surface area contributed by atoms with Gasteiger partial charge in [0, 0.05) is 17.8 Å². The molecule has 0 amide bonds. The zero-order chi connectivity index (χ0) is 14.2. The van der Waals surface area contributed by atoms with Crippen LogP contribution in [0.4, 0.5) is 0 Å². The zero-order valence-electron chi connectivity index (χ0n) is 11.4. The van der Waals surface area contributed by atoms with Gasteiger partial charge >= 0.3 is 0 Å². The molecule has 7 heteroatoms. The molecule has 1 aromatic heterocycles. The number of sulfone groups is 1. The summed E-state index contributed by atoms with van der Waals surface area (Å²) < 4.78 is 22.8. The number of hydrogen-bond donors (Lipinski definition) is 2. The number of nitrogens with zero attached hydrogens (tertiary/aromatic N) is 1. The molecule has 0 aromatic carbocycles. The van der Waals surface area contributed by atoms with Crippen molar-refractivity contribution in [1.29, 1.82) is 0 Å². The molecule has 0 radical (unpaired) electrons. The lowest BCUT2D eigenvalue weighted by Crippen LogP contribution is -2.35. The van der Waals surface area contributed by atoms with E-state index in [-0.39, 0.29) is 29.1 Å². The van der Waals surface area contributed by atoms with Crippen LogP contribution in [0, 0.1) is 13.8 Å². The van der Waals surface area contributed by atoms with Crippen LogP contribution < -0.4 is 10.9 Å². The molecule has 1 aliphatic heterocycles. The first kappa shape index (κ1) is 14.2. The molecular weight excluding hydrogens is 266 g/mol. The fourth-order valence-electron chi connectivity index (χ4n) is 2.61. The fourth-order valence-corrected chi connectivity index (χ4v) is 4.30. The third kappa shape index (κ3) is 3.22. The van der Waals surface area contributed by atoms with E-state index in [2.05, 4.69) is 15.3 Å². The lowest BCUT2D eigenvalue weighted by molar-refractivity contribution is 0.478. The van der Waals surface area contributed by atoms with Crippen LogP contribution in [-0.2, 0) is 9.84 Å². The molecule has 0 saturated carbocycles. The summed E-state index contributed by atoms with van der Waals surface area (Å²) in [7, 11) is -2.91. The van der Waals surface area contributed by atoms with E-state index < -0.39 is 9.84 Å². The third-order valence-electron chi connectivity index (χ3n) is 3.42. The van der Waals surface area contributed by atoms with Gasteiger partial charge in [0.1, 0.15) is 5.82 Å². The average Bonchev–Trinajstić information content (AvgIpc) is 2.56. The quantitative estimate of drug-likeness (QED) is 0.829. The first-order chi connectivity index (χ1) is 8.78. The van der Waals surface area contributed by atoms with Crippen molar-refractivity contribution in [2.45, 2.75) is 39.3 Å². The first-order valence-electron chi connectivity index (χ1n) is 6.32. The van der Waals surface area contributed by atoms with Crippen molar-refractivity contribution in [1.82, 2.24) is 15.3 Å². The molecule has 2 N–H and O–H groups in total. The Labute approximate surface area is 112 Å². The van der Waals surface area contributed by atoms with Gasteiger partial charge in [-0.1, -0.05) is 0 Å². The van der Waals surface area contributed by atoms with Crippen LogP contribution in [0.25, 0.3) is 0 Å². The van der Waals surface area contributed by atoms with Crippen LogP contribution in [0.1, 0.15) is 36.5 Å².